The van der Waals surface area contributed by atoms with Crippen LogP contribution in [-0.2, 0) is 0 Å². The van der Waals surface area contributed by atoms with Gasteiger partial charge in [0.1, 0.15) is 0 Å². The van der Waals surface area contributed by atoms with E-state index in [1.807, 2.05) is 22.7 Å². The predicted molar refractivity (Wildman–Crippen MR) is 104 cm³/mol. The molecule has 4 heterocycles. The van der Waals surface area contributed by atoms with Crippen molar-refractivity contribution in [3.05, 3.63) is 69.0 Å². The van der Waals surface area contributed by atoms with E-state index in [9.17, 15) is 0 Å². The van der Waals surface area contributed by atoms with Crippen LogP contribution in [0.5, 0.6) is 0 Å². The molecule has 0 unspecified atom stereocenters. The summed E-state index contributed by atoms with van der Waals surface area (Å²) in [5.74, 6) is 0. The highest BCUT2D eigenvalue weighted by Gasteiger charge is 2.03. The van der Waals surface area contributed by atoms with Gasteiger partial charge < -0.3 is 0 Å². The minimum absolute atomic E-state index is 1.30. The highest BCUT2D eigenvalue weighted by atomic mass is 32.1. The summed E-state index contributed by atoms with van der Waals surface area (Å²) in [4.78, 5) is 7.99. The van der Waals surface area contributed by atoms with Crippen LogP contribution < -0.4 is 0 Å². The van der Waals surface area contributed by atoms with Crippen molar-refractivity contribution in [1.29, 1.82) is 0 Å². The average Bonchev–Trinajstić information content (AvgIpc) is 3.33. The van der Waals surface area contributed by atoms with Gasteiger partial charge in [0.2, 0.25) is 0 Å². The van der Waals surface area contributed by atoms with Gasteiger partial charge in [-0.2, -0.15) is 0 Å². The third kappa shape index (κ3) is 3.01. The van der Waals surface area contributed by atoms with Crippen molar-refractivity contribution >= 4 is 57.5 Å². The molecule has 4 rings (SSSR count). The normalized spacial score (nSPS) is 11.5. The molecule has 0 amide bonds. The first-order chi connectivity index (χ1) is 10.9. The molecule has 4 aromatic heterocycles. The maximum Gasteiger partial charge on any atom is 0.0448 e. The van der Waals surface area contributed by atoms with E-state index in [0.29, 0.717) is 0 Å². The fraction of sp³-hybridized carbons (Fsp3) is 0. The summed E-state index contributed by atoms with van der Waals surface area (Å²) in [5, 5.41) is 4.25. The first-order valence-corrected chi connectivity index (χ1v) is 10.2. The molecule has 4 heteroatoms. The van der Waals surface area contributed by atoms with Crippen molar-refractivity contribution in [3.63, 3.8) is 0 Å². The lowest BCUT2D eigenvalue weighted by atomic mass is 10.3. The Hall–Kier alpha value is -1.46. The maximum absolute atomic E-state index is 2.21. The topological polar surface area (TPSA) is 0 Å². The van der Waals surface area contributed by atoms with Gasteiger partial charge >= 0.3 is 0 Å². The molecule has 0 radical (unpaired) electrons. The van der Waals surface area contributed by atoms with Gasteiger partial charge in [0.05, 0.1) is 0 Å². The Morgan fingerprint density at radius 1 is 0.545 bits per heavy atom. The van der Waals surface area contributed by atoms with Gasteiger partial charge in [0.15, 0.2) is 0 Å². The van der Waals surface area contributed by atoms with Gasteiger partial charge in [-0.05, 0) is 59.3 Å². The zero-order chi connectivity index (χ0) is 14.8. The van der Waals surface area contributed by atoms with E-state index >= 15 is 0 Å². The van der Waals surface area contributed by atoms with E-state index in [1.54, 1.807) is 22.7 Å². The molecular formula is C18H12S4. The SMILES string of the molecule is C(=Cc1ccc(-c2cccs2)s1)c1ccc(-c2cccs2)s1. The smallest absolute Gasteiger partial charge is 0.0448 e. The molecule has 0 aliphatic carbocycles. The zero-order valence-corrected chi connectivity index (χ0v) is 14.8. The van der Waals surface area contributed by atoms with Crippen LogP contribution in [0, 0.1) is 0 Å². The van der Waals surface area contributed by atoms with Crippen molar-refractivity contribution in [1.82, 2.24) is 0 Å². The lowest BCUT2D eigenvalue weighted by molar-refractivity contribution is 1.90. The molecule has 0 atom stereocenters. The van der Waals surface area contributed by atoms with Gasteiger partial charge in [-0.15, -0.1) is 45.3 Å². The molecule has 0 nitrogen and oxygen atoms in total. The van der Waals surface area contributed by atoms with Crippen LogP contribution in [0.3, 0.4) is 0 Å². The van der Waals surface area contributed by atoms with E-state index in [4.69, 9.17) is 0 Å². The van der Waals surface area contributed by atoms with Crippen LogP contribution in [0.15, 0.2) is 59.3 Å². The lowest BCUT2D eigenvalue weighted by Crippen LogP contribution is -1.58. The summed E-state index contributed by atoms with van der Waals surface area (Å²) in [5.41, 5.74) is 0. The zero-order valence-electron chi connectivity index (χ0n) is 11.6. The number of hydrogen-bond donors (Lipinski definition) is 0. The fourth-order valence-corrected chi connectivity index (χ4v) is 5.64. The third-order valence-corrected chi connectivity index (χ3v) is 7.43. The van der Waals surface area contributed by atoms with Gasteiger partial charge in [-0.25, -0.2) is 0 Å². The van der Waals surface area contributed by atoms with Crippen molar-refractivity contribution in [3.8, 4) is 19.5 Å². The second-order valence-electron chi connectivity index (χ2n) is 4.69. The van der Waals surface area contributed by atoms with Crippen LogP contribution in [0.4, 0.5) is 0 Å². The van der Waals surface area contributed by atoms with Gasteiger partial charge in [-0.3, -0.25) is 0 Å². The molecule has 0 aliphatic rings. The van der Waals surface area contributed by atoms with Crippen LogP contribution in [-0.4, -0.2) is 0 Å². The minimum Gasteiger partial charge on any atom is -0.143 e. The number of hydrogen-bond acceptors (Lipinski definition) is 4. The second kappa shape index (κ2) is 6.34. The van der Waals surface area contributed by atoms with Gasteiger partial charge in [-0.1, -0.05) is 12.1 Å². The molecule has 0 N–H and O–H groups in total. The molecule has 22 heavy (non-hydrogen) atoms. The third-order valence-electron chi connectivity index (χ3n) is 3.19. The Bertz CT molecular complexity index is 799. The van der Waals surface area contributed by atoms with Crippen LogP contribution in [0.25, 0.3) is 31.7 Å². The second-order valence-corrected chi connectivity index (χ2v) is 8.82. The van der Waals surface area contributed by atoms with Gasteiger partial charge in [0, 0.05) is 29.3 Å². The minimum atomic E-state index is 1.30. The summed E-state index contributed by atoms with van der Waals surface area (Å²) in [7, 11) is 0. The molecule has 108 valence electrons. The Morgan fingerprint density at radius 3 is 1.45 bits per heavy atom. The monoisotopic (exact) mass is 356 g/mol. The highest BCUT2D eigenvalue weighted by molar-refractivity contribution is 7.22. The van der Waals surface area contributed by atoms with Crippen molar-refractivity contribution in [2.24, 2.45) is 0 Å². The van der Waals surface area contributed by atoms with E-state index in [-0.39, 0.29) is 0 Å². The van der Waals surface area contributed by atoms with E-state index < -0.39 is 0 Å². The summed E-state index contributed by atoms with van der Waals surface area (Å²) in [6, 6.07) is 17.4. The quantitative estimate of drug-likeness (QED) is 0.356. The molecule has 0 saturated heterocycles. The summed E-state index contributed by atoms with van der Waals surface area (Å²) in [6.07, 6.45) is 4.43. The van der Waals surface area contributed by atoms with E-state index in [0.717, 1.165) is 0 Å². The molecule has 0 spiro atoms. The Balaban J connectivity index is 1.53. The van der Waals surface area contributed by atoms with Gasteiger partial charge in [0.25, 0.3) is 0 Å². The number of thiophene rings is 4. The molecule has 0 bridgehead atoms. The standard InChI is InChI=1S/C18H12S4/c1-3-15(19-11-1)17-9-7-13(21-17)5-6-14-8-10-18(22-14)16-4-2-12-20-16/h1-12H. The largest absolute Gasteiger partial charge is 0.143 e. The molecule has 0 saturated carbocycles. The summed E-state index contributed by atoms with van der Waals surface area (Å²) < 4.78 is 0. The summed E-state index contributed by atoms with van der Waals surface area (Å²) >= 11 is 7.28. The maximum atomic E-state index is 2.21. The van der Waals surface area contributed by atoms with Crippen LogP contribution in [0.1, 0.15) is 9.75 Å². The van der Waals surface area contributed by atoms with Crippen LogP contribution >= 0.6 is 45.3 Å². The molecular weight excluding hydrogens is 344 g/mol. The van der Waals surface area contributed by atoms with Crippen molar-refractivity contribution < 1.29 is 0 Å². The molecule has 0 fully saturated rings. The first-order valence-electron chi connectivity index (χ1n) is 6.84. The van der Waals surface area contributed by atoms with Crippen molar-refractivity contribution in [2.75, 3.05) is 0 Å². The van der Waals surface area contributed by atoms with E-state index in [2.05, 4.69) is 71.4 Å². The fourth-order valence-electron chi connectivity index (χ4n) is 2.15. The highest BCUT2D eigenvalue weighted by Crippen LogP contribution is 2.34. The predicted octanol–water partition coefficient (Wildman–Crippen LogP) is 7.44. The molecule has 0 aromatic carbocycles. The Morgan fingerprint density at radius 2 is 1.05 bits per heavy atom. The average molecular weight is 357 g/mol. The van der Waals surface area contributed by atoms with Crippen LogP contribution in [0.2, 0.25) is 0 Å². The Labute approximate surface area is 145 Å². The molecule has 4 aromatic rings. The Kier molecular flexibility index (Phi) is 4.08. The first kappa shape index (κ1) is 14.2. The van der Waals surface area contributed by atoms with Crippen molar-refractivity contribution in [2.45, 2.75) is 0 Å². The number of rotatable bonds is 4. The molecule has 0 aliphatic heterocycles. The summed E-state index contributed by atoms with van der Waals surface area (Å²) in [6.45, 7) is 0. The lowest BCUT2D eigenvalue weighted by Gasteiger charge is -1.89. The van der Waals surface area contributed by atoms with E-state index in [1.165, 1.54) is 29.3 Å².